The summed E-state index contributed by atoms with van der Waals surface area (Å²) in [6.07, 6.45) is 4.96. The van der Waals surface area contributed by atoms with Gasteiger partial charge >= 0.3 is 0 Å². The number of ether oxygens (including phenoxy) is 1. The van der Waals surface area contributed by atoms with Crippen molar-refractivity contribution in [2.24, 2.45) is 0 Å². The first-order valence-electron chi connectivity index (χ1n) is 7.48. The lowest BCUT2D eigenvalue weighted by molar-refractivity contribution is -0.229. The first kappa shape index (κ1) is 18.2. The maximum absolute atomic E-state index is 11.2. The first-order chi connectivity index (χ1) is 12.0. The Bertz CT molecular complexity index is 838. The van der Waals surface area contributed by atoms with E-state index in [2.05, 4.69) is 4.98 Å². The fourth-order valence-corrected chi connectivity index (χ4v) is 3.11. The van der Waals surface area contributed by atoms with Crippen molar-refractivity contribution in [3.8, 4) is 0 Å². The van der Waals surface area contributed by atoms with Crippen molar-refractivity contribution in [1.82, 2.24) is 9.55 Å². The Kier molecular flexibility index (Phi) is 5.67. The van der Waals surface area contributed by atoms with E-state index in [1.807, 2.05) is 12.1 Å². The fraction of sp³-hybridized carbons (Fsp3) is 0.167. The van der Waals surface area contributed by atoms with Gasteiger partial charge in [-0.05, 0) is 29.8 Å². The van der Waals surface area contributed by atoms with Crippen molar-refractivity contribution in [1.29, 1.82) is 0 Å². The third kappa shape index (κ3) is 4.54. The summed E-state index contributed by atoms with van der Waals surface area (Å²) in [5.74, 6) is -1.65. The van der Waals surface area contributed by atoms with Gasteiger partial charge in [-0.2, -0.15) is 0 Å². The summed E-state index contributed by atoms with van der Waals surface area (Å²) in [5, 5.41) is 12.7. The Morgan fingerprint density at radius 2 is 1.76 bits per heavy atom. The number of benzene rings is 2. The molecule has 1 atom stereocenters. The molecule has 25 heavy (non-hydrogen) atoms. The number of rotatable bonds is 6. The van der Waals surface area contributed by atoms with Crippen molar-refractivity contribution in [3.05, 3.63) is 87.4 Å². The highest BCUT2D eigenvalue weighted by atomic mass is 35.5. The van der Waals surface area contributed by atoms with E-state index in [4.69, 9.17) is 39.5 Å². The number of nitrogens with zero attached hydrogens (tertiary/aromatic N) is 2. The van der Waals surface area contributed by atoms with E-state index in [1.54, 1.807) is 53.6 Å². The molecular formula is C18H15Cl3N2O2. The SMILES string of the molecule is OC(Cn1ccnc1)(OCc1ccc(Cl)cc1)c1ccc(Cl)cc1Cl. The number of aliphatic hydroxyl groups is 1. The molecule has 0 aliphatic heterocycles. The van der Waals surface area contributed by atoms with Crippen molar-refractivity contribution < 1.29 is 9.84 Å². The Hall–Kier alpha value is -1.56. The predicted molar refractivity (Wildman–Crippen MR) is 98.8 cm³/mol. The highest BCUT2D eigenvalue weighted by Gasteiger charge is 2.33. The minimum absolute atomic E-state index is 0.127. The molecule has 0 saturated carbocycles. The van der Waals surface area contributed by atoms with Gasteiger partial charge in [0.2, 0.25) is 5.79 Å². The monoisotopic (exact) mass is 396 g/mol. The minimum atomic E-state index is -1.65. The van der Waals surface area contributed by atoms with Crippen LogP contribution in [0, 0.1) is 0 Å². The average molecular weight is 398 g/mol. The zero-order chi connectivity index (χ0) is 17.9. The van der Waals surface area contributed by atoms with E-state index in [9.17, 15) is 5.11 Å². The van der Waals surface area contributed by atoms with Crippen LogP contribution in [0.25, 0.3) is 0 Å². The summed E-state index contributed by atoms with van der Waals surface area (Å²) in [7, 11) is 0. The molecule has 3 rings (SSSR count). The molecule has 1 unspecified atom stereocenters. The van der Waals surface area contributed by atoms with Crippen LogP contribution in [0.2, 0.25) is 15.1 Å². The van der Waals surface area contributed by atoms with Crippen LogP contribution in [0.15, 0.2) is 61.2 Å². The zero-order valence-electron chi connectivity index (χ0n) is 13.1. The van der Waals surface area contributed by atoms with Gasteiger partial charge in [0.1, 0.15) is 0 Å². The first-order valence-corrected chi connectivity index (χ1v) is 8.62. The van der Waals surface area contributed by atoms with Crippen LogP contribution in [0.3, 0.4) is 0 Å². The van der Waals surface area contributed by atoms with E-state index in [-0.39, 0.29) is 13.2 Å². The molecule has 0 spiro atoms. The Morgan fingerprint density at radius 3 is 2.40 bits per heavy atom. The summed E-state index contributed by atoms with van der Waals surface area (Å²) in [5.41, 5.74) is 1.31. The molecule has 0 aliphatic carbocycles. The van der Waals surface area contributed by atoms with Crippen molar-refractivity contribution >= 4 is 34.8 Å². The largest absolute Gasteiger partial charge is 0.360 e. The molecule has 4 nitrogen and oxygen atoms in total. The number of hydrogen-bond acceptors (Lipinski definition) is 3. The lowest BCUT2D eigenvalue weighted by Gasteiger charge is -2.30. The molecule has 0 bridgehead atoms. The van der Waals surface area contributed by atoms with E-state index < -0.39 is 5.79 Å². The molecule has 2 aromatic carbocycles. The molecule has 1 aromatic heterocycles. The predicted octanol–water partition coefficient (Wildman–Crippen LogP) is 4.91. The van der Waals surface area contributed by atoms with Crippen molar-refractivity contribution in [2.45, 2.75) is 18.9 Å². The molecular weight excluding hydrogens is 383 g/mol. The second-order valence-electron chi connectivity index (χ2n) is 5.56. The average Bonchev–Trinajstić information content (AvgIpc) is 3.07. The zero-order valence-corrected chi connectivity index (χ0v) is 15.3. The molecule has 1 heterocycles. The topological polar surface area (TPSA) is 47.3 Å². The van der Waals surface area contributed by atoms with Gasteiger partial charge in [0.15, 0.2) is 0 Å². The minimum Gasteiger partial charge on any atom is -0.360 e. The number of aromatic nitrogens is 2. The van der Waals surface area contributed by atoms with Crippen LogP contribution in [0.5, 0.6) is 0 Å². The van der Waals surface area contributed by atoms with Gasteiger partial charge in [0, 0.05) is 28.0 Å². The van der Waals surface area contributed by atoms with E-state index in [0.717, 1.165) is 5.56 Å². The summed E-state index contributed by atoms with van der Waals surface area (Å²) in [6.45, 7) is 0.309. The summed E-state index contributed by atoms with van der Waals surface area (Å²) in [4.78, 5) is 3.99. The van der Waals surface area contributed by atoms with Gasteiger partial charge in [-0.25, -0.2) is 4.98 Å². The number of hydrogen-bond donors (Lipinski definition) is 1. The Balaban J connectivity index is 1.89. The van der Waals surface area contributed by atoms with E-state index >= 15 is 0 Å². The smallest absolute Gasteiger partial charge is 0.212 e. The lowest BCUT2D eigenvalue weighted by atomic mass is 10.1. The van der Waals surface area contributed by atoms with Gasteiger partial charge in [0.05, 0.1) is 24.5 Å². The highest BCUT2D eigenvalue weighted by molar-refractivity contribution is 6.35. The highest BCUT2D eigenvalue weighted by Crippen LogP contribution is 2.33. The summed E-state index contributed by atoms with van der Waals surface area (Å²) in [6, 6.07) is 12.1. The van der Waals surface area contributed by atoms with Crippen molar-refractivity contribution in [3.63, 3.8) is 0 Å². The molecule has 1 N–H and O–H groups in total. The number of imidazole rings is 1. The molecule has 0 saturated heterocycles. The van der Waals surface area contributed by atoms with Crippen LogP contribution in [-0.4, -0.2) is 14.7 Å². The molecule has 130 valence electrons. The van der Waals surface area contributed by atoms with Crippen molar-refractivity contribution in [2.75, 3.05) is 0 Å². The van der Waals surface area contributed by atoms with Crippen LogP contribution in [-0.2, 0) is 23.7 Å². The van der Waals surface area contributed by atoms with Gasteiger partial charge in [0.25, 0.3) is 0 Å². The molecule has 0 amide bonds. The molecule has 0 aliphatic rings. The fourth-order valence-electron chi connectivity index (χ4n) is 2.43. The number of halogens is 3. The molecule has 3 aromatic rings. The van der Waals surface area contributed by atoms with Crippen LogP contribution in [0.4, 0.5) is 0 Å². The molecule has 0 radical (unpaired) electrons. The Morgan fingerprint density at radius 1 is 1.04 bits per heavy atom. The summed E-state index contributed by atoms with van der Waals surface area (Å²) >= 11 is 18.2. The second-order valence-corrected chi connectivity index (χ2v) is 6.84. The van der Waals surface area contributed by atoms with Crippen LogP contribution >= 0.6 is 34.8 Å². The normalized spacial score (nSPS) is 13.6. The Labute approximate surface area is 160 Å². The lowest BCUT2D eigenvalue weighted by Crippen LogP contribution is -2.34. The van der Waals surface area contributed by atoms with E-state index in [1.165, 1.54) is 0 Å². The van der Waals surface area contributed by atoms with E-state index in [0.29, 0.717) is 20.6 Å². The second kappa shape index (κ2) is 7.77. The van der Waals surface area contributed by atoms with Crippen LogP contribution in [0.1, 0.15) is 11.1 Å². The van der Waals surface area contributed by atoms with Crippen LogP contribution < -0.4 is 0 Å². The van der Waals surface area contributed by atoms with Gasteiger partial charge in [-0.3, -0.25) is 0 Å². The van der Waals surface area contributed by atoms with Gasteiger partial charge in [-0.1, -0.05) is 53.0 Å². The molecule has 0 fully saturated rings. The van der Waals surface area contributed by atoms with Gasteiger partial charge < -0.3 is 14.4 Å². The standard InChI is InChI=1S/C18H15Cl3N2O2/c19-14-3-1-13(2-4-14)10-25-18(24,11-23-8-7-22-12-23)16-6-5-15(20)9-17(16)21/h1-9,12,24H,10-11H2. The van der Waals surface area contributed by atoms with Gasteiger partial charge in [-0.15, -0.1) is 0 Å². The summed E-state index contributed by atoms with van der Waals surface area (Å²) < 4.78 is 7.59. The maximum atomic E-state index is 11.2. The maximum Gasteiger partial charge on any atom is 0.212 e. The third-order valence-electron chi connectivity index (χ3n) is 3.70. The third-order valence-corrected chi connectivity index (χ3v) is 4.50. The quantitative estimate of drug-likeness (QED) is 0.601. The molecule has 7 heteroatoms.